The molecular weight excluding hydrogens is 430 g/mol. The van der Waals surface area contributed by atoms with Crippen LogP contribution < -0.4 is 15.1 Å². The third-order valence-electron chi connectivity index (χ3n) is 5.90. The van der Waals surface area contributed by atoms with Crippen molar-refractivity contribution in [1.29, 1.82) is 5.26 Å². The van der Waals surface area contributed by atoms with E-state index in [0.717, 1.165) is 48.8 Å². The van der Waals surface area contributed by atoms with E-state index < -0.39 is 0 Å². The minimum Gasteiger partial charge on any atom is -0.378 e. The number of hydrogen-bond donors (Lipinski definition) is 1. The van der Waals surface area contributed by atoms with Gasteiger partial charge in [-0.15, -0.1) is 0 Å². The van der Waals surface area contributed by atoms with Gasteiger partial charge in [0.2, 0.25) is 11.8 Å². The fourth-order valence-corrected chi connectivity index (χ4v) is 3.85. The number of likely N-dealkylation sites (N-methyl/N-ethyl adjacent to an activating group) is 1. The van der Waals surface area contributed by atoms with Gasteiger partial charge in [0.1, 0.15) is 0 Å². The molecule has 1 fully saturated rings. The lowest BCUT2D eigenvalue weighted by atomic mass is 10.1. The van der Waals surface area contributed by atoms with E-state index in [9.17, 15) is 9.59 Å². The van der Waals surface area contributed by atoms with Gasteiger partial charge in [-0.25, -0.2) is 0 Å². The molecule has 0 spiro atoms. The molecule has 1 heterocycles. The third-order valence-corrected chi connectivity index (χ3v) is 5.90. The van der Waals surface area contributed by atoms with Crippen LogP contribution in [0, 0.1) is 25.2 Å². The van der Waals surface area contributed by atoms with Crippen molar-refractivity contribution in [3.05, 3.63) is 53.6 Å². The maximum absolute atomic E-state index is 13.0. The van der Waals surface area contributed by atoms with E-state index in [1.165, 1.54) is 0 Å². The first-order valence-corrected chi connectivity index (χ1v) is 11.5. The number of morpholine rings is 1. The van der Waals surface area contributed by atoms with Crippen LogP contribution in [-0.4, -0.2) is 69.7 Å². The zero-order valence-corrected chi connectivity index (χ0v) is 20.2. The van der Waals surface area contributed by atoms with Gasteiger partial charge in [0.15, 0.2) is 0 Å². The van der Waals surface area contributed by atoms with E-state index >= 15 is 0 Å². The number of benzene rings is 2. The molecule has 1 N–H and O–H groups in total. The van der Waals surface area contributed by atoms with E-state index in [4.69, 9.17) is 10.00 Å². The Hall–Kier alpha value is -3.41. The Morgan fingerprint density at radius 3 is 2.41 bits per heavy atom. The Balaban J connectivity index is 1.54. The Labute approximate surface area is 201 Å². The highest BCUT2D eigenvalue weighted by Gasteiger charge is 2.19. The van der Waals surface area contributed by atoms with Gasteiger partial charge in [0.05, 0.1) is 38.8 Å². The van der Waals surface area contributed by atoms with Crippen LogP contribution in [0.5, 0.6) is 0 Å². The number of nitriles is 1. The van der Waals surface area contributed by atoms with Crippen molar-refractivity contribution in [1.82, 2.24) is 4.90 Å². The molecule has 0 bridgehead atoms. The largest absolute Gasteiger partial charge is 0.378 e. The second-order valence-corrected chi connectivity index (χ2v) is 8.59. The molecule has 2 aromatic rings. The molecule has 2 amide bonds. The van der Waals surface area contributed by atoms with Crippen molar-refractivity contribution in [3.8, 4) is 6.07 Å². The second-order valence-electron chi connectivity index (χ2n) is 8.59. The number of nitrogens with one attached hydrogen (secondary N) is 1. The molecule has 3 rings (SSSR count). The zero-order chi connectivity index (χ0) is 24.5. The predicted molar refractivity (Wildman–Crippen MR) is 134 cm³/mol. The van der Waals surface area contributed by atoms with Crippen LogP contribution in [0.25, 0.3) is 0 Å². The van der Waals surface area contributed by atoms with Crippen molar-refractivity contribution in [2.45, 2.75) is 20.3 Å². The van der Waals surface area contributed by atoms with Crippen molar-refractivity contribution < 1.29 is 14.3 Å². The molecule has 1 saturated heterocycles. The number of carbonyl (C=O) groups is 2. The molecule has 8 heteroatoms. The summed E-state index contributed by atoms with van der Waals surface area (Å²) >= 11 is 0. The topological polar surface area (TPSA) is 88.9 Å². The van der Waals surface area contributed by atoms with Crippen LogP contribution in [0.1, 0.15) is 17.5 Å². The molecular formula is C26H33N5O3. The predicted octanol–water partition coefficient (Wildman–Crippen LogP) is 2.96. The quantitative estimate of drug-likeness (QED) is 0.615. The standard InChI is InChI=1S/C26H33N5O3/c1-20-5-8-24(17-21(20)2)31(12-4-11-27)26(33)19-29(3)18-25(32)28-22-6-9-23(10-7-22)30-13-15-34-16-14-30/h5-10,17H,4,12-16,18-19H2,1-3H3,(H,28,32). The third kappa shape index (κ3) is 7.04. The average molecular weight is 464 g/mol. The van der Waals surface area contributed by atoms with Gasteiger partial charge in [-0.1, -0.05) is 6.07 Å². The Kier molecular flexibility index (Phi) is 9.02. The normalized spacial score (nSPS) is 13.4. The SMILES string of the molecule is Cc1ccc(N(CCC#N)C(=O)CN(C)CC(=O)Nc2ccc(N3CCOCC3)cc2)cc1C. The fourth-order valence-electron chi connectivity index (χ4n) is 3.85. The van der Waals surface area contributed by atoms with Gasteiger partial charge < -0.3 is 19.9 Å². The first-order chi connectivity index (χ1) is 16.4. The smallest absolute Gasteiger partial charge is 0.241 e. The molecule has 2 aromatic carbocycles. The second kappa shape index (κ2) is 12.2. The zero-order valence-electron chi connectivity index (χ0n) is 20.2. The lowest BCUT2D eigenvalue weighted by Gasteiger charge is -2.29. The summed E-state index contributed by atoms with van der Waals surface area (Å²) in [4.78, 5) is 31.1. The van der Waals surface area contributed by atoms with E-state index in [-0.39, 0.29) is 31.3 Å². The maximum Gasteiger partial charge on any atom is 0.241 e. The molecule has 1 aliphatic heterocycles. The molecule has 0 radical (unpaired) electrons. The monoisotopic (exact) mass is 463 g/mol. The minimum absolute atomic E-state index is 0.0712. The lowest BCUT2D eigenvalue weighted by molar-refractivity contribution is -0.121. The number of rotatable bonds is 9. The average Bonchev–Trinajstić information content (AvgIpc) is 2.82. The summed E-state index contributed by atoms with van der Waals surface area (Å²) in [5.41, 5.74) is 4.81. The van der Waals surface area contributed by atoms with Gasteiger partial charge in [-0.2, -0.15) is 5.26 Å². The lowest BCUT2D eigenvalue weighted by Crippen LogP contribution is -2.42. The number of ether oxygens (including phenoxy) is 1. The van der Waals surface area contributed by atoms with Crippen LogP contribution in [0.4, 0.5) is 17.1 Å². The van der Waals surface area contributed by atoms with Gasteiger partial charge in [-0.05, 0) is 68.4 Å². The Bertz CT molecular complexity index is 1030. The van der Waals surface area contributed by atoms with Crippen LogP contribution in [-0.2, 0) is 14.3 Å². The number of nitrogens with zero attached hydrogens (tertiary/aromatic N) is 4. The molecule has 8 nitrogen and oxygen atoms in total. The minimum atomic E-state index is -0.191. The Morgan fingerprint density at radius 2 is 1.76 bits per heavy atom. The summed E-state index contributed by atoms with van der Waals surface area (Å²) in [7, 11) is 1.74. The van der Waals surface area contributed by atoms with Crippen molar-refractivity contribution in [2.24, 2.45) is 0 Å². The maximum atomic E-state index is 13.0. The van der Waals surface area contributed by atoms with Gasteiger partial charge >= 0.3 is 0 Å². The van der Waals surface area contributed by atoms with Crippen LogP contribution in [0.3, 0.4) is 0 Å². The van der Waals surface area contributed by atoms with Gasteiger partial charge in [-0.3, -0.25) is 14.5 Å². The summed E-state index contributed by atoms with van der Waals surface area (Å²) in [6, 6.07) is 15.7. The first-order valence-electron chi connectivity index (χ1n) is 11.5. The number of hydrogen-bond acceptors (Lipinski definition) is 6. The van der Waals surface area contributed by atoms with E-state index in [2.05, 4.69) is 16.3 Å². The summed E-state index contributed by atoms with van der Waals surface area (Å²) in [5, 5.41) is 11.9. The summed E-state index contributed by atoms with van der Waals surface area (Å²) in [6.45, 7) is 7.64. The number of aryl methyl sites for hydroxylation is 2. The molecule has 180 valence electrons. The fraction of sp³-hybridized carbons (Fsp3) is 0.423. The Morgan fingerprint density at radius 1 is 1.06 bits per heavy atom. The summed E-state index contributed by atoms with van der Waals surface area (Å²) in [5.74, 6) is -0.340. The van der Waals surface area contributed by atoms with Gasteiger partial charge in [0.25, 0.3) is 0 Å². The highest BCUT2D eigenvalue weighted by atomic mass is 16.5. The van der Waals surface area contributed by atoms with E-state index in [1.54, 1.807) is 16.8 Å². The van der Waals surface area contributed by atoms with Crippen LogP contribution in [0.2, 0.25) is 0 Å². The van der Waals surface area contributed by atoms with Crippen LogP contribution in [0.15, 0.2) is 42.5 Å². The molecule has 0 saturated carbocycles. The summed E-state index contributed by atoms with van der Waals surface area (Å²) in [6.07, 6.45) is 0.239. The molecule has 34 heavy (non-hydrogen) atoms. The molecule has 0 unspecified atom stereocenters. The summed E-state index contributed by atoms with van der Waals surface area (Å²) < 4.78 is 5.39. The highest BCUT2D eigenvalue weighted by molar-refractivity contribution is 5.96. The van der Waals surface area contributed by atoms with Gasteiger partial charge in [0, 0.05) is 36.7 Å². The highest BCUT2D eigenvalue weighted by Crippen LogP contribution is 2.20. The molecule has 0 atom stereocenters. The number of anilines is 3. The van der Waals surface area contributed by atoms with E-state index in [1.807, 2.05) is 56.3 Å². The first kappa shape index (κ1) is 25.2. The number of amides is 2. The molecule has 0 aromatic heterocycles. The van der Waals surface area contributed by atoms with Crippen LogP contribution >= 0.6 is 0 Å². The van der Waals surface area contributed by atoms with E-state index in [0.29, 0.717) is 12.2 Å². The number of carbonyl (C=O) groups excluding carboxylic acids is 2. The molecule has 1 aliphatic rings. The molecule has 0 aliphatic carbocycles. The van der Waals surface area contributed by atoms with Crippen molar-refractivity contribution in [3.63, 3.8) is 0 Å². The van der Waals surface area contributed by atoms with Crippen molar-refractivity contribution >= 4 is 28.9 Å². The van der Waals surface area contributed by atoms with Crippen molar-refractivity contribution in [2.75, 3.05) is 68.1 Å².